The first kappa shape index (κ1) is 10.1. The Labute approximate surface area is 78.4 Å². The van der Waals surface area contributed by atoms with Crippen LogP contribution in [0.2, 0.25) is 0 Å². The van der Waals surface area contributed by atoms with Crippen LogP contribution in [-0.2, 0) is 9.47 Å². The summed E-state index contributed by atoms with van der Waals surface area (Å²) in [6, 6.07) is 0.303. The van der Waals surface area contributed by atoms with Crippen LogP contribution in [0.1, 0.15) is 20.8 Å². The molecule has 0 fully saturated rings. The maximum atomic E-state index is 5.45. The molecule has 0 aromatic carbocycles. The number of nitrogens with zero attached hydrogens (tertiary/aromatic N) is 1. The van der Waals surface area contributed by atoms with Crippen LogP contribution in [0.3, 0.4) is 0 Å². The van der Waals surface area contributed by atoms with E-state index in [2.05, 4.69) is 4.99 Å². The number of amidine groups is 1. The Hall–Kier alpha value is -1.03. The van der Waals surface area contributed by atoms with Crippen molar-refractivity contribution in [2.75, 3.05) is 6.61 Å². The quantitative estimate of drug-likeness (QED) is 0.712. The van der Waals surface area contributed by atoms with Gasteiger partial charge in [-0.1, -0.05) is 0 Å². The molecule has 2 N–H and O–H groups in total. The molecule has 0 amide bonds. The molecule has 1 heterocycles. The summed E-state index contributed by atoms with van der Waals surface area (Å²) in [5.41, 5.74) is 5.45. The second-order valence-corrected chi connectivity index (χ2v) is 3.30. The molecular weight excluding hydrogens is 168 g/mol. The van der Waals surface area contributed by atoms with Gasteiger partial charge in [-0.25, -0.2) is 4.99 Å². The summed E-state index contributed by atoms with van der Waals surface area (Å²) in [6.07, 6.45) is 2.10. The number of hydrogen-bond acceptors (Lipinski definition) is 4. The van der Waals surface area contributed by atoms with Gasteiger partial charge in [0.05, 0.1) is 12.1 Å². The number of hydrogen-bond donors (Lipinski definition) is 1. The molecule has 74 valence electrons. The Bertz CT molecular complexity index is 234. The van der Waals surface area contributed by atoms with Gasteiger partial charge in [0.1, 0.15) is 12.4 Å². The van der Waals surface area contributed by atoms with E-state index in [9.17, 15) is 0 Å². The van der Waals surface area contributed by atoms with Crippen molar-refractivity contribution in [3.05, 3.63) is 11.8 Å². The first-order chi connectivity index (χ1) is 6.08. The Morgan fingerprint density at radius 3 is 2.92 bits per heavy atom. The van der Waals surface area contributed by atoms with Gasteiger partial charge in [0.25, 0.3) is 6.02 Å². The number of aliphatic imine (C=N–C) groups is 1. The Balaban J connectivity index is 2.43. The summed E-state index contributed by atoms with van der Waals surface area (Å²) >= 11 is 0. The Morgan fingerprint density at radius 1 is 1.69 bits per heavy atom. The third-order valence-corrected chi connectivity index (χ3v) is 1.55. The zero-order valence-corrected chi connectivity index (χ0v) is 8.28. The lowest BCUT2D eigenvalue weighted by Crippen LogP contribution is -2.24. The molecule has 0 saturated carbocycles. The van der Waals surface area contributed by atoms with E-state index in [1.165, 1.54) is 0 Å². The van der Waals surface area contributed by atoms with Crippen molar-refractivity contribution in [3.8, 4) is 0 Å². The van der Waals surface area contributed by atoms with Gasteiger partial charge >= 0.3 is 0 Å². The van der Waals surface area contributed by atoms with Crippen molar-refractivity contribution < 1.29 is 9.47 Å². The fourth-order valence-electron chi connectivity index (χ4n) is 1.03. The van der Waals surface area contributed by atoms with E-state index in [0.717, 1.165) is 5.76 Å². The van der Waals surface area contributed by atoms with Crippen molar-refractivity contribution in [2.24, 2.45) is 10.7 Å². The van der Waals surface area contributed by atoms with Crippen LogP contribution >= 0.6 is 0 Å². The number of rotatable bonds is 3. The van der Waals surface area contributed by atoms with Gasteiger partial charge in [-0.3, -0.25) is 0 Å². The molecule has 0 aromatic rings. The van der Waals surface area contributed by atoms with Crippen LogP contribution in [0.5, 0.6) is 0 Å². The molecule has 4 nitrogen and oxygen atoms in total. The summed E-state index contributed by atoms with van der Waals surface area (Å²) in [6.45, 7) is 6.36. The average Bonchev–Trinajstić information content (AvgIpc) is 1.99. The molecule has 0 unspecified atom stereocenters. The van der Waals surface area contributed by atoms with E-state index < -0.39 is 0 Å². The Kier molecular flexibility index (Phi) is 3.31. The van der Waals surface area contributed by atoms with Crippen LogP contribution < -0.4 is 5.73 Å². The first-order valence-electron chi connectivity index (χ1n) is 4.41. The second-order valence-electron chi connectivity index (χ2n) is 3.30. The van der Waals surface area contributed by atoms with Gasteiger partial charge in [-0.2, -0.15) is 0 Å². The third kappa shape index (κ3) is 3.46. The maximum absolute atomic E-state index is 5.45. The topological polar surface area (TPSA) is 56.8 Å². The van der Waals surface area contributed by atoms with Gasteiger partial charge in [0.2, 0.25) is 0 Å². The molecule has 0 aromatic heterocycles. The first-order valence-corrected chi connectivity index (χ1v) is 4.41. The maximum Gasteiger partial charge on any atom is 0.287 e. The van der Waals surface area contributed by atoms with Gasteiger partial charge in [0, 0.05) is 0 Å². The van der Waals surface area contributed by atoms with Gasteiger partial charge in [0.15, 0.2) is 0 Å². The molecule has 13 heavy (non-hydrogen) atoms. The summed E-state index contributed by atoms with van der Waals surface area (Å²) in [7, 11) is 0. The SMILES string of the molecule is CC(C)OCC1=C[C@H](C)N=C(N)O1. The highest BCUT2D eigenvalue weighted by Gasteiger charge is 2.11. The summed E-state index contributed by atoms with van der Waals surface area (Å²) in [4.78, 5) is 4.00. The lowest BCUT2D eigenvalue weighted by atomic mass is 10.3. The van der Waals surface area contributed by atoms with Crippen LogP contribution in [0.15, 0.2) is 16.8 Å². The van der Waals surface area contributed by atoms with Gasteiger partial charge in [-0.15, -0.1) is 0 Å². The highest BCUT2D eigenvalue weighted by atomic mass is 16.5. The molecule has 0 saturated heterocycles. The van der Waals surface area contributed by atoms with Crippen molar-refractivity contribution in [3.63, 3.8) is 0 Å². The van der Waals surface area contributed by atoms with Crippen LogP contribution in [0.25, 0.3) is 0 Å². The number of ether oxygens (including phenoxy) is 2. The minimum Gasteiger partial charge on any atom is -0.429 e. The van der Waals surface area contributed by atoms with Crippen molar-refractivity contribution in [2.45, 2.75) is 32.9 Å². The van der Waals surface area contributed by atoms with Crippen LogP contribution in [0.4, 0.5) is 0 Å². The molecule has 1 rings (SSSR count). The molecule has 1 atom stereocenters. The second kappa shape index (κ2) is 4.28. The van der Waals surface area contributed by atoms with E-state index in [-0.39, 0.29) is 18.2 Å². The largest absolute Gasteiger partial charge is 0.429 e. The minimum absolute atomic E-state index is 0.0829. The van der Waals surface area contributed by atoms with Crippen molar-refractivity contribution in [1.82, 2.24) is 0 Å². The summed E-state index contributed by atoms with van der Waals surface area (Å²) < 4.78 is 10.5. The van der Waals surface area contributed by atoms with E-state index in [1.807, 2.05) is 26.8 Å². The monoisotopic (exact) mass is 184 g/mol. The van der Waals surface area contributed by atoms with E-state index in [0.29, 0.717) is 6.61 Å². The van der Waals surface area contributed by atoms with E-state index in [4.69, 9.17) is 15.2 Å². The smallest absolute Gasteiger partial charge is 0.287 e. The van der Waals surface area contributed by atoms with Crippen LogP contribution in [0, 0.1) is 0 Å². The summed E-state index contributed by atoms with van der Waals surface area (Å²) in [5.74, 6) is 0.744. The lowest BCUT2D eigenvalue weighted by molar-refractivity contribution is 0.0769. The molecule has 4 heteroatoms. The minimum atomic E-state index is 0.0829. The fourth-order valence-corrected chi connectivity index (χ4v) is 1.03. The predicted molar refractivity (Wildman–Crippen MR) is 51.3 cm³/mol. The zero-order chi connectivity index (χ0) is 9.84. The normalized spacial score (nSPS) is 22.3. The van der Waals surface area contributed by atoms with Crippen molar-refractivity contribution >= 4 is 6.02 Å². The Morgan fingerprint density at radius 2 is 2.38 bits per heavy atom. The van der Waals surface area contributed by atoms with Crippen molar-refractivity contribution in [1.29, 1.82) is 0 Å². The third-order valence-electron chi connectivity index (χ3n) is 1.55. The molecule has 0 radical (unpaired) electrons. The predicted octanol–water partition coefficient (Wildman–Crippen LogP) is 1.03. The molecular formula is C9H16N2O2. The summed E-state index contributed by atoms with van der Waals surface area (Å²) in [5, 5.41) is 0. The molecule has 1 aliphatic heterocycles. The lowest BCUT2D eigenvalue weighted by Gasteiger charge is -2.17. The molecule has 1 aliphatic rings. The average molecular weight is 184 g/mol. The van der Waals surface area contributed by atoms with Gasteiger partial charge in [-0.05, 0) is 26.8 Å². The van der Waals surface area contributed by atoms with E-state index in [1.54, 1.807) is 0 Å². The fraction of sp³-hybridized carbons (Fsp3) is 0.667. The molecule has 0 spiro atoms. The molecule has 0 aliphatic carbocycles. The van der Waals surface area contributed by atoms with Gasteiger partial charge < -0.3 is 15.2 Å². The van der Waals surface area contributed by atoms with Crippen LogP contribution in [-0.4, -0.2) is 24.8 Å². The van der Waals surface area contributed by atoms with E-state index >= 15 is 0 Å². The standard InChI is InChI=1S/C9H16N2O2/c1-6(2)12-5-8-4-7(3)11-9(10)13-8/h4,6-7H,5H2,1-3H3,(H2,10,11)/t7-/m0/s1. The number of nitrogens with two attached hydrogens (primary N) is 1. The zero-order valence-electron chi connectivity index (χ0n) is 8.28. The highest BCUT2D eigenvalue weighted by molar-refractivity contribution is 5.73. The highest BCUT2D eigenvalue weighted by Crippen LogP contribution is 2.09. The molecule has 0 bridgehead atoms.